The van der Waals surface area contributed by atoms with Crippen LogP contribution in [0.3, 0.4) is 0 Å². The fourth-order valence-electron chi connectivity index (χ4n) is 3.10. The number of ether oxygens (including phenoxy) is 1. The Hall–Kier alpha value is -1.75. The first kappa shape index (κ1) is 13.2. The molecule has 1 aromatic rings. The number of hydrogen-bond donors (Lipinski definition) is 2. The third-order valence-electron chi connectivity index (χ3n) is 4.11. The van der Waals surface area contributed by atoms with E-state index in [1.165, 1.54) is 23.9 Å². The maximum absolute atomic E-state index is 11.2. The van der Waals surface area contributed by atoms with Crippen LogP contribution in [0.2, 0.25) is 0 Å². The minimum absolute atomic E-state index is 0.201. The number of likely N-dealkylation sites (tertiary alicyclic amines) is 1. The summed E-state index contributed by atoms with van der Waals surface area (Å²) in [7, 11) is 1.40. The Morgan fingerprint density at radius 2 is 2.45 bits per heavy atom. The third-order valence-corrected chi connectivity index (χ3v) is 4.11. The number of anilines is 1. The van der Waals surface area contributed by atoms with Crippen LogP contribution in [0.4, 0.5) is 10.5 Å². The summed E-state index contributed by atoms with van der Waals surface area (Å²) in [5, 5.41) is 6.36. The van der Waals surface area contributed by atoms with Crippen LogP contribution in [0.1, 0.15) is 17.5 Å². The van der Waals surface area contributed by atoms with Crippen molar-refractivity contribution in [2.24, 2.45) is 0 Å². The zero-order valence-electron chi connectivity index (χ0n) is 11.8. The van der Waals surface area contributed by atoms with Gasteiger partial charge >= 0.3 is 6.09 Å². The van der Waals surface area contributed by atoms with Crippen molar-refractivity contribution in [3.8, 4) is 0 Å². The molecule has 20 heavy (non-hydrogen) atoms. The Labute approximate surface area is 119 Å². The van der Waals surface area contributed by atoms with Crippen LogP contribution in [-0.4, -0.2) is 43.8 Å². The van der Waals surface area contributed by atoms with E-state index in [2.05, 4.69) is 38.5 Å². The van der Waals surface area contributed by atoms with Gasteiger partial charge in [-0.05, 0) is 24.0 Å². The van der Waals surface area contributed by atoms with Gasteiger partial charge in [0.25, 0.3) is 0 Å². The molecule has 0 radical (unpaired) electrons. The molecule has 5 heteroatoms. The van der Waals surface area contributed by atoms with Gasteiger partial charge in [0.2, 0.25) is 0 Å². The summed E-state index contributed by atoms with van der Waals surface area (Å²) >= 11 is 0. The van der Waals surface area contributed by atoms with E-state index in [0.717, 1.165) is 39.0 Å². The molecule has 1 atom stereocenters. The molecule has 2 heterocycles. The van der Waals surface area contributed by atoms with Crippen molar-refractivity contribution in [1.82, 2.24) is 10.2 Å². The minimum atomic E-state index is -0.334. The Bertz CT molecular complexity index is 504. The monoisotopic (exact) mass is 275 g/mol. The number of carbonyl (C=O) groups excluding carboxylic acids is 1. The molecule has 2 N–H and O–H groups in total. The smallest absolute Gasteiger partial charge is 0.407 e. The number of nitrogens with zero attached hydrogens (tertiary/aromatic N) is 1. The molecule has 1 unspecified atom stereocenters. The molecule has 0 saturated carbocycles. The molecular formula is C15H21N3O2. The molecule has 108 valence electrons. The van der Waals surface area contributed by atoms with Crippen molar-refractivity contribution < 1.29 is 9.53 Å². The highest BCUT2D eigenvalue weighted by atomic mass is 16.5. The number of nitrogens with one attached hydrogen (secondary N) is 2. The molecule has 0 spiro atoms. The van der Waals surface area contributed by atoms with Crippen molar-refractivity contribution in [3.63, 3.8) is 0 Å². The number of alkyl carbamates (subject to hydrolysis) is 1. The van der Waals surface area contributed by atoms with Crippen molar-refractivity contribution in [1.29, 1.82) is 0 Å². The van der Waals surface area contributed by atoms with Gasteiger partial charge in [-0.1, -0.05) is 18.2 Å². The van der Waals surface area contributed by atoms with Crippen molar-refractivity contribution in [3.05, 3.63) is 29.3 Å². The Morgan fingerprint density at radius 1 is 1.55 bits per heavy atom. The summed E-state index contributed by atoms with van der Waals surface area (Å²) in [6.45, 7) is 3.88. The fraction of sp³-hybridized carbons (Fsp3) is 0.533. The van der Waals surface area contributed by atoms with E-state index in [1.807, 2.05) is 0 Å². The van der Waals surface area contributed by atoms with Gasteiger partial charge < -0.3 is 15.4 Å². The highest BCUT2D eigenvalue weighted by molar-refractivity contribution is 5.67. The number of methoxy groups -OCH3 is 1. The largest absolute Gasteiger partial charge is 0.453 e. The summed E-state index contributed by atoms with van der Waals surface area (Å²) in [6, 6.07) is 6.73. The quantitative estimate of drug-likeness (QED) is 0.879. The topological polar surface area (TPSA) is 53.6 Å². The normalized spacial score (nSPS) is 21.4. The molecule has 1 fully saturated rings. The summed E-state index contributed by atoms with van der Waals surface area (Å²) in [6.07, 6.45) is 1.77. The minimum Gasteiger partial charge on any atom is -0.453 e. The maximum atomic E-state index is 11.2. The Balaban J connectivity index is 1.60. The van der Waals surface area contributed by atoms with Crippen molar-refractivity contribution >= 4 is 11.8 Å². The molecule has 1 aromatic carbocycles. The second-order valence-corrected chi connectivity index (χ2v) is 5.48. The second-order valence-electron chi connectivity index (χ2n) is 5.48. The summed E-state index contributed by atoms with van der Waals surface area (Å²) in [5.74, 6) is 0. The van der Waals surface area contributed by atoms with E-state index in [9.17, 15) is 4.79 Å². The Morgan fingerprint density at radius 3 is 3.30 bits per heavy atom. The molecule has 0 bridgehead atoms. The van der Waals surface area contributed by atoms with E-state index in [0.29, 0.717) is 0 Å². The van der Waals surface area contributed by atoms with Crippen molar-refractivity contribution in [2.75, 3.05) is 32.1 Å². The van der Waals surface area contributed by atoms with Crippen LogP contribution in [0.5, 0.6) is 0 Å². The predicted octanol–water partition coefficient (Wildman–Crippen LogP) is 1.58. The SMILES string of the molecule is COC(=O)NC1CCN(Cc2cccc3c2NCC3)C1. The summed E-state index contributed by atoms with van der Waals surface area (Å²) in [5.41, 5.74) is 4.10. The highest BCUT2D eigenvalue weighted by Crippen LogP contribution is 2.28. The number of fused-ring (bicyclic) bond motifs is 1. The van der Waals surface area contributed by atoms with Crippen LogP contribution in [0.15, 0.2) is 18.2 Å². The first-order chi connectivity index (χ1) is 9.76. The lowest BCUT2D eigenvalue weighted by atomic mass is 10.1. The van der Waals surface area contributed by atoms with E-state index >= 15 is 0 Å². The van der Waals surface area contributed by atoms with Crippen LogP contribution < -0.4 is 10.6 Å². The fourth-order valence-corrected chi connectivity index (χ4v) is 3.10. The van der Waals surface area contributed by atoms with Gasteiger partial charge in [-0.3, -0.25) is 4.90 Å². The average Bonchev–Trinajstić information content (AvgIpc) is 3.08. The first-order valence-electron chi connectivity index (χ1n) is 7.18. The average molecular weight is 275 g/mol. The number of hydrogen-bond acceptors (Lipinski definition) is 4. The van der Waals surface area contributed by atoms with Crippen LogP contribution >= 0.6 is 0 Å². The maximum Gasteiger partial charge on any atom is 0.407 e. The van der Waals surface area contributed by atoms with Gasteiger partial charge in [0.05, 0.1) is 7.11 Å². The standard InChI is InChI=1S/C15H21N3O2/c1-20-15(19)17-13-6-8-18(10-13)9-12-4-2-3-11-5-7-16-14(11)12/h2-4,13,16H,5-10H2,1H3,(H,17,19). The molecule has 0 aliphatic carbocycles. The van der Waals surface area contributed by atoms with E-state index in [1.54, 1.807) is 0 Å². The predicted molar refractivity (Wildman–Crippen MR) is 77.9 cm³/mol. The third kappa shape index (κ3) is 2.72. The van der Waals surface area contributed by atoms with Gasteiger partial charge in [0.15, 0.2) is 0 Å². The van der Waals surface area contributed by atoms with Crippen molar-refractivity contribution in [2.45, 2.75) is 25.4 Å². The van der Waals surface area contributed by atoms with E-state index < -0.39 is 0 Å². The molecule has 1 amide bonds. The van der Waals surface area contributed by atoms with Gasteiger partial charge in [-0.15, -0.1) is 0 Å². The highest BCUT2D eigenvalue weighted by Gasteiger charge is 2.25. The number of para-hydroxylation sites is 1. The van der Waals surface area contributed by atoms with E-state index in [-0.39, 0.29) is 12.1 Å². The molecule has 0 aromatic heterocycles. The molecular weight excluding hydrogens is 254 g/mol. The molecule has 2 aliphatic rings. The van der Waals surface area contributed by atoms with Crippen LogP contribution in [-0.2, 0) is 17.7 Å². The summed E-state index contributed by atoms with van der Waals surface area (Å²) < 4.78 is 4.65. The van der Waals surface area contributed by atoms with Gasteiger partial charge in [0.1, 0.15) is 0 Å². The van der Waals surface area contributed by atoms with Crippen LogP contribution in [0, 0.1) is 0 Å². The van der Waals surface area contributed by atoms with E-state index in [4.69, 9.17) is 0 Å². The lowest BCUT2D eigenvalue weighted by Gasteiger charge is -2.18. The number of amides is 1. The molecule has 3 rings (SSSR count). The summed E-state index contributed by atoms with van der Waals surface area (Å²) in [4.78, 5) is 13.6. The molecule has 5 nitrogen and oxygen atoms in total. The first-order valence-corrected chi connectivity index (χ1v) is 7.18. The number of carbonyl (C=O) groups is 1. The number of benzene rings is 1. The Kier molecular flexibility index (Phi) is 3.78. The second kappa shape index (κ2) is 5.71. The number of rotatable bonds is 3. The van der Waals surface area contributed by atoms with Crippen LogP contribution in [0.25, 0.3) is 0 Å². The molecule has 1 saturated heterocycles. The lowest BCUT2D eigenvalue weighted by Crippen LogP contribution is -2.36. The van der Waals surface area contributed by atoms with Gasteiger partial charge in [-0.2, -0.15) is 0 Å². The van der Waals surface area contributed by atoms with Gasteiger partial charge in [0, 0.05) is 37.9 Å². The molecule has 2 aliphatic heterocycles. The zero-order chi connectivity index (χ0) is 13.9. The van der Waals surface area contributed by atoms with Gasteiger partial charge in [-0.25, -0.2) is 4.79 Å². The lowest BCUT2D eigenvalue weighted by molar-refractivity contribution is 0.166. The zero-order valence-corrected chi connectivity index (χ0v) is 11.8.